The lowest BCUT2D eigenvalue weighted by Crippen LogP contribution is -1.86. The van der Waals surface area contributed by atoms with E-state index < -0.39 is 0 Å². The summed E-state index contributed by atoms with van der Waals surface area (Å²) in [5.74, 6) is 0. The van der Waals surface area contributed by atoms with Gasteiger partial charge >= 0.3 is 0 Å². The van der Waals surface area contributed by atoms with Gasteiger partial charge in [0.25, 0.3) is 0 Å². The van der Waals surface area contributed by atoms with Gasteiger partial charge in [-0.05, 0) is 12.1 Å². The normalized spacial score (nSPS) is 11.3. The van der Waals surface area contributed by atoms with Crippen molar-refractivity contribution in [3.8, 4) is 0 Å². The highest BCUT2D eigenvalue weighted by molar-refractivity contribution is 7.80. The SMILES string of the molecule is Cn1c2ccccc2c2cccc(S)c21. The zero-order valence-corrected chi connectivity index (χ0v) is 9.33. The highest BCUT2D eigenvalue weighted by atomic mass is 32.1. The van der Waals surface area contributed by atoms with Gasteiger partial charge in [-0.25, -0.2) is 0 Å². The van der Waals surface area contributed by atoms with E-state index in [1.807, 2.05) is 6.07 Å². The smallest absolute Gasteiger partial charge is 0.0624 e. The third kappa shape index (κ3) is 1.11. The largest absolute Gasteiger partial charge is 0.343 e. The molecule has 15 heavy (non-hydrogen) atoms. The Kier molecular flexibility index (Phi) is 1.80. The van der Waals surface area contributed by atoms with Gasteiger partial charge in [-0.15, -0.1) is 12.6 Å². The second-order valence-electron chi connectivity index (χ2n) is 3.75. The molecule has 3 aromatic rings. The van der Waals surface area contributed by atoms with Crippen LogP contribution < -0.4 is 0 Å². The van der Waals surface area contributed by atoms with Gasteiger partial charge in [-0.3, -0.25) is 0 Å². The molecule has 2 heteroatoms. The minimum absolute atomic E-state index is 1.03. The Hall–Kier alpha value is -1.41. The molecule has 0 fully saturated rings. The Morgan fingerprint density at radius 2 is 1.67 bits per heavy atom. The number of hydrogen-bond acceptors (Lipinski definition) is 1. The maximum Gasteiger partial charge on any atom is 0.0624 e. The first-order valence-electron chi connectivity index (χ1n) is 4.94. The predicted molar refractivity (Wildman–Crippen MR) is 67.7 cm³/mol. The number of fused-ring (bicyclic) bond motifs is 3. The molecule has 0 saturated heterocycles. The van der Waals surface area contributed by atoms with Crippen molar-refractivity contribution in [3.05, 3.63) is 42.5 Å². The molecule has 3 rings (SSSR count). The van der Waals surface area contributed by atoms with E-state index in [1.165, 1.54) is 21.8 Å². The number of para-hydroxylation sites is 2. The Morgan fingerprint density at radius 3 is 2.53 bits per heavy atom. The highest BCUT2D eigenvalue weighted by Gasteiger charge is 2.08. The number of hydrogen-bond donors (Lipinski definition) is 1. The van der Waals surface area contributed by atoms with Gasteiger partial charge in [0.15, 0.2) is 0 Å². The maximum absolute atomic E-state index is 4.51. The molecule has 0 saturated carbocycles. The number of rotatable bonds is 0. The lowest BCUT2D eigenvalue weighted by atomic mass is 10.1. The van der Waals surface area contributed by atoms with Crippen LogP contribution in [0.2, 0.25) is 0 Å². The van der Waals surface area contributed by atoms with Crippen molar-refractivity contribution < 1.29 is 0 Å². The number of aromatic nitrogens is 1. The number of thiol groups is 1. The molecule has 2 aromatic carbocycles. The van der Waals surface area contributed by atoms with Crippen LogP contribution in [0.15, 0.2) is 47.4 Å². The Morgan fingerprint density at radius 1 is 0.933 bits per heavy atom. The summed E-state index contributed by atoms with van der Waals surface area (Å²) in [5, 5.41) is 2.58. The van der Waals surface area contributed by atoms with E-state index >= 15 is 0 Å². The van der Waals surface area contributed by atoms with E-state index in [-0.39, 0.29) is 0 Å². The van der Waals surface area contributed by atoms with E-state index in [0.29, 0.717) is 0 Å². The third-order valence-electron chi connectivity index (χ3n) is 2.91. The molecule has 0 spiro atoms. The predicted octanol–water partition coefficient (Wildman–Crippen LogP) is 3.62. The van der Waals surface area contributed by atoms with Crippen LogP contribution in [0, 0.1) is 0 Å². The van der Waals surface area contributed by atoms with Crippen molar-refractivity contribution in [2.45, 2.75) is 4.90 Å². The lowest BCUT2D eigenvalue weighted by Gasteiger charge is -1.99. The molecule has 0 atom stereocenters. The third-order valence-corrected chi connectivity index (χ3v) is 3.27. The quantitative estimate of drug-likeness (QED) is 0.544. The van der Waals surface area contributed by atoms with Crippen LogP contribution in [0.5, 0.6) is 0 Å². The molecule has 0 aliphatic rings. The Bertz CT molecular complexity index is 652. The fraction of sp³-hybridized carbons (Fsp3) is 0.0769. The second-order valence-corrected chi connectivity index (χ2v) is 4.23. The number of benzene rings is 2. The van der Waals surface area contributed by atoms with Gasteiger partial charge in [0.1, 0.15) is 0 Å². The molecule has 1 heterocycles. The van der Waals surface area contributed by atoms with Gasteiger partial charge in [-0.1, -0.05) is 30.3 Å². The topological polar surface area (TPSA) is 4.93 Å². The van der Waals surface area contributed by atoms with E-state index in [2.05, 4.69) is 60.6 Å². The van der Waals surface area contributed by atoms with Crippen molar-refractivity contribution in [2.75, 3.05) is 0 Å². The van der Waals surface area contributed by atoms with E-state index in [9.17, 15) is 0 Å². The van der Waals surface area contributed by atoms with Gasteiger partial charge in [0.2, 0.25) is 0 Å². The second kappa shape index (κ2) is 3.04. The van der Waals surface area contributed by atoms with Crippen molar-refractivity contribution in [3.63, 3.8) is 0 Å². The molecule has 1 nitrogen and oxygen atoms in total. The van der Waals surface area contributed by atoms with Crippen molar-refractivity contribution in [2.24, 2.45) is 7.05 Å². The van der Waals surface area contributed by atoms with Gasteiger partial charge in [0, 0.05) is 28.2 Å². The minimum Gasteiger partial charge on any atom is -0.343 e. The van der Waals surface area contributed by atoms with Crippen LogP contribution in [0.1, 0.15) is 0 Å². The molecule has 1 aromatic heterocycles. The summed E-state index contributed by atoms with van der Waals surface area (Å²) in [5.41, 5.74) is 2.47. The molecule has 0 aliphatic carbocycles. The molecule has 0 bridgehead atoms. The van der Waals surface area contributed by atoms with Crippen LogP contribution in [-0.2, 0) is 7.05 Å². The molecule has 74 valence electrons. The highest BCUT2D eigenvalue weighted by Crippen LogP contribution is 2.31. The first kappa shape index (κ1) is 8.86. The lowest BCUT2D eigenvalue weighted by molar-refractivity contribution is 1.00. The summed E-state index contributed by atoms with van der Waals surface area (Å²) < 4.78 is 2.20. The fourth-order valence-electron chi connectivity index (χ4n) is 2.22. The Balaban J connectivity index is 2.69. The molecule has 0 radical (unpaired) electrons. The summed E-state index contributed by atoms with van der Waals surface area (Å²) in [7, 11) is 2.09. The van der Waals surface area contributed by atoms with Crippen LogP contribution >= 0.6 is 12.6 Å². The maximum atomic E-state index is 4.51. The summed E-state index contributed by atoms with van der Waals surface area (Å²) in [4.78, 5) is 1.03. The monoisotopic (exact) mass is 213 g/mol. The standard InChI is InChI=1S/C13H11NS/c1-14-11-7-3-2-5-9(11)10-6-4-8-12(15)13(10)14/h2-8,15H,1H3. The average molecular weight is 213 g/mol. The van der Waals surface area contributed by atoms with E-state index in [1.54, 1.807) is 0 Å². The van der Waals surface area contributed by atoms with Crippen molar-refractivity contribution >= 4 is 34.4 Å². The first-order valence-corrected chi connectivity index (χ1v) is 5.39. The van der Waals surface area contributed by atoms with Gasteiger partial charge < -0.3 is 4.57 Å². The fourth-order valence-corrected chi connectivity index (χ4v) is 2.57. The van der Waals surface area contributed by atoms with Gasteiger partial charge in [0.05, 0.1) is 5.52 Å². The molecular formula is C13H11NS. The summed E-state index contributed by atoms with van der Waals surface area (Å²) >= 11 is 4.51. The molecular weight excluding hydrogens is 202 g/mol. The summed E-state index contributed by atoms with van der Waals surface area (Å²) in [6.45, 7) is 0. The number of nitrogens with zero attached hydrogens (tertiary/aromatic N) is 1. The molecule has 0 aliphatic heterocycles. The molecule has 0 N–H and O–H groups in total. The first-order chi connectivity index (χ1) is 7.29. The molecule has 0 unspecified atom stereocenters. The van der Waals surface area contributed by atoms with Crippen molar-refractivity contribution in [1.82, 2.24) is 4.57 Å². The zero-order valence-electron chi connectivity index (χ0n) is 8.44. The van der Waals surface area contributed by atoms with Crippen LogP contribution in [0.25, 0.3) is 21.8 Å². The van der Waals surface area contributed by atoms with Crippen LogP contribution in [-0.4, -0.2) is 4.57 Å². The van der Waals surface area contributed by atoms with E-state index in [0.717, 1.165) is 4.90 Å². The van der Waals surface area contributed by atoms with E-state index in [4.69, 9.17) is 0 Å². The number of aryl methyl sites for hydroxylation is 1. The minimum atomic E-state index is 1.03. The van der Waals surface area contributed by atoms with Crippen LogP contribution in [0.4, 0.5) is 0 Å². The van der Waals surface area contributed by atoms with Crippen molar-refractivity contribution in [1.29, 1.82) is 0 Å². The summed E-state index contributed by atoms with van der Waals surface area (Å²) in [6, 6.07) is 14.7. The average Bonchev–Trinajstić information content (AvgIpc) is 2.55. The zero-order chi connectivity index (χ0) is 10.4. The summed E-state index contributed by atoms with van der Waals surface area (Å²) in [6.07, 6.45) is 0. The van der Waals surface area contributed by atoms with Gasteiger partial charge in [-0.2, -0.15) is 0 Å². The molecule has 0 amide bonds. The van der Waals surface area contributed by atoms with Crippen LogP contribution in [0.3, 0.4) is 0 Å². The Labute approximate surface area is 93.7 Å².